The topological polar surface area (TPSA) is 12.9 Å². The van der Waals surface area contributed by atoms with E-state index in [1.54, 1.807) is 0 Å². The predicted octanol–water partition coefficient (Wildman–Crippen LogP) is 8.45. The summed E-state index contributed by atoms with van der Waals surface area (Å²) in [6, 6.07) is 38.8. The lowest BCUT2D eigenvalue weighted by molar-refractivity contribution is 1.41. The zero-order chi connectivity index (χ0) is 20.6. The molecule has 4 aromatic carbocycles. The summed E-state index contributed by atoms with van der Waals surface area (Å²) in [5, 5.41) is 3.77. The van der Waals surface area contributed by atoms with E-state index >= 15 is 0 Å². The number of pyridine rings is 1. The summed E-state index contributed by atoms with van der Waals surface area (Å²) < 4.78 is 0. The number of thiophene rings is 1. The number of benzene rings is 4. The molecule has 2 heteroatoms. The Bertz CT molecular complexity index is 1510. The standard InChI is InChI=1S/C29H19NS/c1-3-10-20(11-4-1)25-19-27-22(14-9-17-30-27)18-26(25)29-24-16-8-7-15-23(24)28(31-29)21-12-5-2-6-13-21/h1-19H. The van der Waals surface area contributed by atoms with Gasteiger partial charge in [-0.25, -0.2) is 0 Å². The maximum Gasteiger partial charge on any atom is 0.0708 e. The van der Waals surface area contributed by atoms with Crippen molar-refractivity contribution in [2.45, 2.75) is 0 Å². The summed E-state index contributed by atoms with van der Waals surface area (Å²) in [5.74, 6) is 0. The first kappa shape index (κ1) is 18.1. The van der Waals surface area contributed by atoms with Crippen LogP contribution in [0.25, 0.3) is 53.7 Å². The number of aromatic nitrogens is 1. The van der Waals surface area contributed by atoms with Gasteiger partial charge in [0, 0.05) is 37.7 Å². The van der Waals surface area contributed by atoms with Crippen LogP contribution in [0.5, 0.6) is 0 Å². The minimum atomic E-state index is 1.02. The van der Waals surface area contributed by atoms with Crippen molar-refractivity contribution in [3.63, 3.8) is 0 Å². The fourth-order valence-corrected chi connectivity index (χ4v) is 5.57. The zero-order valence-electron chi connectivity index (χ0n) is 16.8. The van der Waals surface area contributed by atoms with Crippen molar-refractivity contribution in [3.05, 3.63) is 115 Å². The molecule has 0 aliphatic rings. The van der Waals surface area contributed by atoms with Gasteiger partial charge in [0.2, 0.25) is 0 Å². The lowest BCUT2D eigenvalue weighted by Gasteiger charge is -2.11. The van der Waals surface area contributed by atoms with Crippen LogP contribution in [0.15, 0.2) is 115 Å². The van der Waals surface area contributed by atoms with Gasteiger partial charge < -0.3 is 0 Å². The number of hydrogen-bond acceptors (Lipinski definition) is 2. The molecule has 0 saturated carbocycles. The molecule has 0 bridgehead atoms. The first-order valence-corrected chi connectivity index (χ1v) is 11.2. The van der Waals surface area contributed by atoms with E-state index in [-0.39, 0.29) is 0 Å². The van der Waals surface area contributed by atoms with Gasteiger partial charge >= 0.3 is 0 Å². The molecule has 0 spiro atoms. The van der Waals surface area contributed by atoms with Gasteiger partial charge in [0.15, 0.2) is 0 Å². The van der Waals surface area contributed by atoms with Gasteiger partial charge in [-0.2, -0.15) is 0 Å². The highest BCUT2D eigenvalue weighted by molar-refractivity contribution is 7.21. The first-order chi connectivity index (χ1) is 15.4. The van der Waals surface area contributed by atoms with Gasteiger partial charge in [-0.1, -0.05) is 91.0 Å². The van der Waals surface area contributed by atoms with E-state index < -0.39 is 0 Å². The van der Waals surface area contributed by atoms with Crippen LogP contribution in [-0.2, 0) is 0 Å². The molecule has 0 saturated heterocycles. The Hall–Kier alpha value is -3.75. The molecule has 0 atom stereocenters. The van der Waals surface area contributed by atoms with Crippen molar-refractivity contribution in [1.29, 1.82) is 0 Å². The fourth-order valence-electron chi connectivity index (χ4n) is 4.26. The molecule has 146 valence electrons. The van der Waals surface area contributed by atoms with Gasteiger partial charge in [0.25, 0.3) is 0 Å². The van der Waals surface area contributed by atoms with Crippen molar-refractivity contribution in [2.24, 2.45) is 0 Å². The number of nitrogens with zero attached hydrogens (tertiary/aromatic N) is 1. The van der Waals surface area contributed by atoms with Crippen LogP contribution in [0, 0.1) is 0 Å². The second-order valence-electron chi connectivity index (χ2n) is 7.63. The van der Waals surface area contributed by atoms with E-state index in [1.165, 1.54) is 42.8 Å². The van der Waals surface area contributed by atoms with Gasteiger partial charge in [0.05, 0.1) is 5.52 Å². The molecular weight excluding hydrogens is 394 g/mol. The Labute approximate surface area is 185 Å². The van der Waals surface area contributed by atoms with Crippen molar-refractivity contribution >= 4 is 33.0 Å². The van der Waals surface area contributed by atoms with E-state index in [2.05, 4.69) is 108 Å². The van der Waals surface area contributed by atoms with Gasteiger partial charge in [0.1, 0.15) is 0 Å². The van der Waals surface area contributed by atoms with Crippen molar-refractivity contribution in [2.75, 3.05) is 0 Å². The Kier molecular flexibility index (Phi) is 4.37. The van der Waals surface area contributed by atoms with Crippen molar-refractivity contribution < 1.29 is 0 Å². The second-order valence-corrected chi connectivity index (χ2v) is 8.65. The van der Waals surface area contributed by atoms with Crippen LogP contribution in [0.2, 0.25) is 0 Å². The van der Waals surface area contributed by atoms with E-state index in [9.17, 15) is 0 Å². The Morgan fingerprint density at radius 3 is 1.90 bits per heavy atom. The molecular formula is C29H19NS. The predicted molar refractivity (Wildman–Crippen MR) is 133 cm³/mol. The maximum absolute atomic E-state index is 4.62. The van der Waals surface area contributed by atoms with Crippen LogP contribution in [0.4, 0.5) is 0 Å². The molecule has 0 aliphatic heterocycles. The average molecular weight is 414 g/mol. The molecule has 2 heterocycles. The molecule has 6 rings (SSSR count). The minimum Gasteiger partial charge on any atom is -0.256 e. The molecule has 0 unspecified atom stereocenters. The van der Waals surface area contributed by atoms with Crippen LogP contribution in [-0.4, -0.2) is 4.98 Å². The smallest absolute Gasteiger partial charge is 0.0708 e. The quantitative estimate of drug-likeness (QED) is 0.283. The van der Waals surface area contributed by atoms with Crippen molar-refractivity contribution in [3.8, 4) is 32.0 Å². The third-order valence-corrected chi connectivity index (χ3v) is 7.03. The van der Waals surface area contributed by atoms with E-state index in [1.807, 2.05) is 23.6 Å². The summed E-state index contributed by atoms with van der Waals surface area (Å²) >= 11 is 1.88. The molecule has 0 N–H and O–H groups in total. The lowest BCUT2D eigenvalue weighted by atomic mass is 9.94. The summed E-state index contributed by atoms with van der Waals surface area (Å²) in [5.41, 5.74) is 5.98. The van der Waals surface area contributed by atoms with Crippen molar-refractivity contribution in [1.82, 2.24) is 4.98 Å². The molecule has 0 amide bonds. The normalized spacial score (nSPS) is 11.2. The molecule has 0 fully saturated rings. The largest absolute Gasteiger partial charge is 0.256 e. The zero-order valence-corrected chi connectivity index (χ0v) is 17.6. The number of rotatable bonds is 3. The second kappa shape index (κ2) is 7.50. The SMILES string of the molecule is c1ccc(-c2cc3ncccc3cc2-c2sc(-c3ccccc3)c3ccccc23)cc1. The van der Waals surface area contributed by atoms with E-state index in [4.69, 9.17) is 0 Å². The summed E-state index contributed by atoms with van der Waals surface area (Å²) in [4.78, 5) is 7.24. The van der Waals surface area contributed by atoms with Crippen LogP contribution in [0.1, 0.15) is 0 Å². The lowest BCUT2D eigenvalue weighted by Crippen LogP contribution is -1.87. The molecule has 31 heavy (non-hydrogen) atoms. The molecule has 1 nitrogen and oxygen atoms in total. The average Bonchev–Trinajstić information content (AvgIpc) is 3.24. The van der Waals surface area contributed by atoms with E-state index in [0.717, 1.165) is 10.9 Å². The fraction of sp³-hybridized carbons (Fsp3) is 0. The maximum atomic E-state index is 4.62. The van der Waals surface area contributed by atoms with E-state index in [0.29, 0.717) is 0 Å². The Morgan fingerprint density at radius 2 is 1.16 bits per heavy atom. The first-order valence-electron chi connectivity index (χ1n) is 10.4. The Balaban J connectivity index is 1.69. The third kappa shape index (κ3) is 3.13. The molecule has 0 radical (unpaired) electrons. The third-order valence-electron chi connectivity index (χ3n) is 5.73. The highest BCUT2D eigenvalue weighted by Crippen LogP contribution is 2.47. The number of fused-ring (bicyclic) bond motifs is 2. The summed E-state index contributed by atoms with van der Waals surface area (Å²) in [6.45, 7) is 0. The minimum absolute atomic E-state index is 1.02. The molecule has 2 aromatic heterocycles. The molecule has 0 aliphatic carbocycles. The molecule has 6 aromatic rings. The summed E-state index contributed by atoms with van der Waals surface area (Å²) in [6.07, 6.45) is 1.87. The highest BCUT2D eigenvalue weighted by Gasteiger charge is 2.18. The van der Waals surface area contributed by atoms with Crippen LogP contribution >= 0.6 is 11.3 Å². The van der Waals surface area contributed by atoms with Gasteiger partial charge in [-0.15, -0.1) is 11.3 Å². The van der Waals surface area contributed by atoms with Gasteiger partial charge in [-0.05, 0) is 34.9 Å². The number of hydrogen-bond donors (Lipinski definition) is 0. The monoisotopic (exact) mass is 413 g/mol. The van der Waals surface area contributed by atoms with Gasteiger partial charge in [-0.3, -0.25) is 4.98 Å². The van der Waals surface area contributed by atoms with Crippen LogP contribution < -0.4 is 0 Å². The highest BCUT2D eigenvalue weighted by atomic mass is 32.1. The van der Waals surface area contributed by atoms with Crippen LogP contribution in [0.3, 0.4) is 0 Å². The Morgan fingerprint density at radius 1 is 0.516 bits per heavy atom. The summed E-state index contributed by atoms with van der Waals surface area (Å²) in [7, 11) is 0.